The van der Waals surface area contributed by atoms with Crippen LogP contribution >= 0.6 is 0 Å². The first-order chi connectivity index (χ1) is 10.4. The van der Waals surface area contributed by atoms with Gasteiger partial charge in [0.1, 0.15) is 12.1 Å². The van der Waals surface area contributed by atoms with E-state index in [0.717, 1.165) is 17.0 Å². The molecule has 0 aromatic heterocycles. The summed E-state index contributed by atoms with van der Waals surface area (Å²) in [4.78, 5) is 46.6. The van der Waals surface area contributed by atoms with Crippen molar-refractivity contribution in [2.45, 2.75) is 25.8 Å². The number of benzene rings is 1. The highest BCUT2D eigenvalue weighted by atomic mass is 19.1. The standard InChI is InChI=1S/C15H17FN2O4/c1-10-7-11(16)3-5-13(10)15(22)18(9-20)12(8-19)4-6-14(21)17-2/h3,5,7-9,12H,4,6H2,1-2H3,(H,17,21). The van der Waals surface area contributed by atoms with Gasteiger partial charge in [0.05, 0.1) is 6.04 Å². The largest absolute Gasteiger partial charge is 0.359 e. The molecule has 0 bridgehead atoms. The van der Waals surface area contributed by atoms with Gasteiger partial charge < -0.3 is 10.1 Å². The zero-order valence-corrected chi connectivity index (χ0v) is 12.3. The summed E-state index contributed by atoms with van der Waals surface area (Å²) in [6.07, 6.45) is 0.704. The summed E-state index contributed by atoms with van der Waals surface area (Å²) in [6.45, 7) is 1.53. The van der Waals surface area contributed by atoms with Crippen LogP contribution in [-0.2, 0) is 14.4 Å². The van der Waals surface area contributed by atoms with Crippen LogP contribution in [0.4, 0.5) is 4.39 Å². The lowest BCUT2D eigenvalue weighted by molar-refractivity contribution is -0.125. The van der Waals surface area contributed by atoms with E-state index in [1.807, 2.05) is 0 Å². The first kappa shape index (κ1) is 17.5. The van der Waals surface area contributed by atoms with Crippen molar-refractivity contribution in [3.05, 3.63) is 35.1 Å². The van der Waals surface area contributed by atoms with Crippen molar-refractivity contribution in [1.82, 2.24) is 10.2 Å². The summed E-state index contributed by atoms with van der Waals surface area (Å²) in [6, 6.07) is 2.47. The molecule has 22 heavy (non-hydrogen) atoms. The Morgan fingerprint density at radius 3 is 2.55 bits per heavy atom. The normalized spacial score (nSPS) is 11.4. The van der Waals surface area contributed by atoms with Gasteiger partial charge >= 0.3 is 0 Å². The van der Waals surface area contributed by atoms with Crippen LogP contribution in [0.1, 0.15) is 28.8 Å². The van der Waals surface area contributed by atoms with Gasteiger partial charge in [0.25, 0.3) is 5.91 Å². The third-order valence-electron chi connectivity index (χ3n) is 3.23. The number of hydrogen-bond donors (Lipinski definition) is 1. The molecule has 1 atom stereocenters. The average molecular weight is 308 g/mol. The van der Waals surface area contributed by atoms with E-state index in [0.29, 0.717) is 11.8 Å². The fourth-order valence-electron chi connectivity index (χ4n) is 1.96. The SMILES string of the molecule is CNC(=O)CCC(C=O)N(C=O)C(=O)c1ccc(F)cc1C. The molecule has 3 amide bonds. The fourth-order valence-corrected chi connectivity index (χ4v) is 1.96. The highest BCUT2D eigenvalue weighted by Gasteiger charge is 2.25. The third-order valence-corrected chi connectivity index (χ3v) is 3.23. The van der Waals surface area contributed by atoms with E-state index < -0.39 is 17.8 Å². The molecule has 0 aliphatic heterocycles. The molecular weight excluding hydrogens is 291 g/mol. The molecule has 0 heterocycles. The Morgan fingerprint density at radius 1 is 1.36 bits per heavy atom. The van der Waals surface area contributed by atoms with Gasteiger partial charge in [-0.2, -0.15) is 0 Å². The quantitative estimate of drug-likeness (QED) is 0.756. The fraction of sp³-hybridized carbons (Fsp3) is 0.333. The van der Waals surface area contributed by atoms with E-state index in [2.05, 4.69) is 5.32 Å². The molecule has 1 unspecified atom stereocenters. The molecule has 0 aliphatic rings. The highest BCUT2D eigenvalue weighted by molar-refractivity contribution is 6.02. The van der Waals surface area contributed by atoms with Crippen molar-refractivity contribution in [1.29, 1.82) is 0 Å². The van der Waals surface area contributed by atoms with Gasteiger partial charge in [-0.1, -0.05) is 0 Å². The van der Waals surface area contributed by atoms with E-state index in [-0.39, 0.29) is 30.7 Å². The van der Waals surface area contributed by atoms with Crippen molar-refractivity contribution in [2.24, 2.45) is 0 Å². The summed E-state index contributed by atoms with van der Waals surface area (Å²) in [5.41, 5.74) is 0.480. The van der Waals surface area contributed by atoms with Crippen LogP contribution in [0.3, 0.4) is 0 Å². The van der Waals surface area contributed by atoms with Gasteiger partial charge in [-0.3, -0.25) is 19.3 Å². The number of carbonyl (C=O) groups is 4. The predicted octanol–water partition coefficient (Wildman–Crippen LogP) is 0.826. The monoisotopic (exact) mass is 308 g/mol. The van der Waals surface area contributed by atoms with Gasteiger partial charge in [0.2, 0.25) is 12.3 Å². The van der Waals surface area contributed by atoms with Crippen LogP contribution in [0, 0.1) is 12.7 Å². The number of rotatable bonds is 7. The number of hydrogen-bond acceptors (Lipinski definition) is 4. The van der Waals surface area contributed by atoms with Crippen LogP contribution in [0.5, 0.6) is 0 Å². The minimum atomic E-state index is -1.05. The van der Waals surface area contributed by atoms with Gasteiger partial charge in [0, 0.05) is 19.0 Å². The summed E-state index contributed by atoms with van der Waals surface area (Å²) >= 11 is 0. The number of imide groups is 1. The lowest BCUT2D eigenvalue weighted by Crippen LogP contribution is -2.41. The lowest BCUT2D eigenvalue weighted by Gasteiger charge is -2.22. The maximum Gasteiger partial charge on any atom is 0.261 e. The molecule has 0 saturated carbocycles. The van der Waals surface area contributed by atoms with E-state index in [4.69, 9.17) is 0 Å². The van der Waals surface area contributed by atoms with E-state index >= 15 is 0 Å². The van der Waals surface area contributed by atoms with Crippen LogP contribution < -0.4 is 5.32 Å². The molecule has 1 aromatic carbocycles. The zero-order chi connectivity index (χ0) is 16.7. The number of carbonyl (C=O) groups excluding carboxylic acids is 4. The molecule has 1 N–H and O–H groups in total. The molecule has 0 aliphatic carbocycles. The number of aldehydes is 1. The van der Waals surface area contributed by atoms with Gasteiger partial charge in [-0.15, -0.1) is 0 Å². The number of amides is 3. The molecule has 0 fully saturated rings. The van der Waals surface area contributed by atoms with Crippen molar-refractivity contribution >= 4 is 24.5 Å². The molecule has 1 rings (SSSR count). The summed E-state index contributed by atoms with van der Waals surface area (Å²) in [7, 11) is 1.45. The number of aryl methyl sites for hydroxylation is 1. The third kappa shape index (κ3) is 4.21. The Balaban J connectivity index is 2.96. The predicted molar refractivity (Wildman–Crippen MR) is 76.5 cm³/mol. The second kappa shape index (κ2) is 8.02. The smallest absolute Gasteiger partial charge is 0.261 e. The number of halogens is 1. The first-order valence-electron chi connectivity index (χ1n) is 6.64. The molecule has 0 radical (unpaired) electrons. The topological polar surface area (TPSA) is 83.6 Å². The Bertz CT molecular complexity index is 589. The molecule has 118 valence electrons. The Morgan fingerprint density at radius 2 is 2.05 bits per heavy atom. The van der Waals surface area contributed by atoms with Gasteiger partial charge in [-0.05, 0) is 37.1 Å². The second-order valence-electron chi connectivity index (χ2n) is 4.69. The van der Waals surface area contributed by atoms with Crippen molar-refractivity contribution in [3.8, 4) is 0 Å². The van der Waals surface area contributed by atoms with E-state index in [9.17, 15) is 23.6 Å². The highest BCUT2D eigenvalue weighted by Crippen LogP contribution is 2.15. The van der Waals surface area contributed by atoms with Crippen molar-refractivity contribution in [3.63, 3.8) is 0 Å². The Labute approximate surface area is 127 Å². The number of nitrogens with zero attached hydrogens (tertiary/aromatic N) is 1. The zero-order valence-electron chi connectivity index (χ0n) is 12.3. The minimum Gasteiger partial charge on any atom is -0.359 e. The maximum absolute atomic E-state index is 13.1. The van der Waals surface area contributed by atoms with Gasteiger partial charge in [-0.25, -0.2) is 4.39 Å². The van der Waals surface area contributed by atoms with Crippen LogP contribution in [0.15, 0.2) is 18.2 Å². The van der Waals surface area contributed by atoms with E-state index in [1.165, 1.54) is 20.0 Å². The molecule has 0 saturated heterocycles. The second-order valence-corrected chi connectivity index (χ2v) is 4.69. The van der Waals surface area contributed by atoms with Crippen molar-refractivity contribution in [2.75, 3.05) is 7.05 Å². The van der Waals surface area contributed by atoms with Crippen LogP contribution in [0.25, 0.3) is 0 Å². The van der Waals surface area contributed by atoms with Crippen molar-refractivity contribution < 1.29 is 23.6 Å². The maximum atomic E-state index is 13.1. The summed E-state index contributed by atoms with van der Waals surface area (Å²) in [5.74, 6) is -1.51. The Hall–Kier alpha value is -2.57. The minimum absolute atomic E-state index is 0.0000728. The van der Waals surface area contributed by atoms with Crippen LogP contribution in [-0.4, -0.2) is 42.5 Å². The first-order valence-corrected chi connectivity index (χ1v) is 6.64. The number of nitrogens with one attached hydrogen (secondary N) is 1. The summed E-state index contributed by atoms with van der Waals surface area (Å²) in [5, 5.41) is 2.39. The molecule has 0 spiro atoms. The molecule has 7 heteroatoms. The summed E-state index contributed by atoms with van der Waals surface area (Å²) < 4.78 is 13.1. The van der Waals surface area contributed by atoms with Crippen LogP contribution in [0.2, 0.25) is 0 Å². The molecule has 1 aromatic rings. The average Bonchev–Trinajstić information content (AvgIpc) is 2.50. The lowest BCUT2D eigenvalue weighted by atomic mass is 10.1. The van der Waals surface area contributed by atoms with E-state index in [1.54, 1.807) is 0 Å². The molecule has 6 nitrogen and oxygen atoms in total. The molecular formula is C15H17FN2O4. The van der Waals surface area contributed by atoms with Gasteiger partial charge in [0.15, 0.2) is 0 Å². The Kier molecular flexibility index (Phi) is 6.37.